The molecule has 0 radical (unpaired) electrons. The van der Waals surface area contributed by atoms with Crippen LogP contribution in [0.3, 0.4) is 0 Å². The van der Waals surface area contributed by atoms with Crippen LogP contribution >= 0.6 is 0 Å². The fraction of sp³-hybridized carbons (Fsp3) is 0.714. The van der Waals surface area contributed by atoms with E-state index in [4.69, 9.17) is 14.2 Å². The topological polar surface area (TPSA) is 27.7 Å². The SMILES string of the molecule is CC=COC(C)(OC)OC. The van der Waals surface area contributed by atoms with Gasteiger partial charge in [-0.15, -0.1) is 0 Å². The van der Waals surface area contributed by atoms with Gasteiger partial charge in [0.05, 0.1) is 6.26 Å². The molecule has 0 aliphatic heterocycles. The predicted octanol–water partition coefficient (Wildman–Crippen LogP) is 1.50. The summed E-state index contributed by atoms with van der Waals surface area (Å²) in [6.45, 7) is 3.54. The fourth-order valence-electron chi connectivity index (χ4n) is 0.371. The van der Waals surface area contributed by atoms with Gasteiger partial charge in [0.25, 0.3) is 0 Å². The molecule has 0 aliphatic rings. The van der Waals surface area contributed by atoms with Gasteiger partial charge in [0.15, 0.2) is 0 Å². The van der Waals surface area contributed by atoms with Crippen molar-refractivity contribution in [3.8, 4) is 0 Å². The van der Waals surface area contributed by atoms with Crippen molar-refractivity contribution in [1.82, 2.24) is 0 Å². The third-order valence-electron chi connectivity index (χ3n) is 1.16. The van der Waals surface area contributed by atoms with Crippen LogP contribution in [0, 0.1) is 0 Å². The third-order valence-corrected chi connectivity index (χ3v) is 1.16. The van der Waals surface area contributed by atoms with Gasteiger partial charge in [0.1, 0.15) is 0 Å². The third kappa shape index (κ3) is 2.85. The van der Waals surface area contributed by atoms with E-state index in [9.17, 15) is 0 Å². The molecule has 60 valence electrons. The van der Waals surface area contributed by atoms with E-state index >= 15 is 0 Å². The normalized spacial score (nSPS) is 12.4. The number of allylic oxidation sites excluding steroid dienone is 1. The highest BCUT2D eigenvalue weighted by Gasteiger charge is 2.22. The monoisotopic (exact) mass is 146 g/mol. The molecule has 0 aliphatic carbocycles. The summed E-state index contributed by atoms with van der Waals surface area (Å²) >= 11 is 0. The molecule has 0 saturated carbocycles. The van der Waals surface area contributed by atoms with Crippen LogP contribution in [-0.2, 0) is 14.2 Å². The second-order valence-corrected chi connectivity index (χ2v) is 1.86. The van der Waals surface area contributed by atoms with Crippen LogP contribution in [0.2, 0.25) is 0 Å². The summed E-state index contributed by atoms with van der Waals surface area (Å²) in [5.41, 5.74) is 0. The van der Waals surface area contributed by atoms with Crippen molar-refractivity contribution in [2.75, 3.05) is 14.2 Å². The second kappa shape index (κ2) is 4.30. The minimum Gasteiger partial charge on any atom is -0.448 e. The maximum atomic E-state index is 5.05. The fourth-order valence-corrected chi connectivity index (χ4v) is 0.371. The second-order valence-electron chi connectivity index (χ2n) is 1.86. The molecule has 0 aromatic rings. The quantitative estimate of drug-likeness (QED) is 0.444. The van der Waals surface area contributed by atoms with E-state index in [1.54, 1.807) is 13.0 Å². The summed E-state index contributed by atoms with van der Waals surface area (Å²) in [6.07, 6.45) is 3.28. The van der Waals surface area contributed by atoms with E-state index in [0.29, 0.717) is 0 Å². The van der Waals surface area contributed by atoms with Gasteiger partial charge in [-0.2, -0.15) is 0 Å². The first kappa shape index (κ1) is 9.46. The first-order valence-corrected chi connectivity index (χ1v) is 3.08. The van der Waals surface area contributed by atoms with Crippen LogP contribution < -0.4 is 0 Å². The van der Waals surface area contributed by atoms with E-state index in [0.717, 1.165) is 0 Å². The van der Waals surface area contributed by atoms with Crippen molar-refractivity contribution in [2.45, 2.75) is 19.8 Å². The molecule has 3 heteroatoms. The highest BCUT2D eigenvalue weighted by Crippen LogP contribution is 2.11. The number of hydrogen-bond acceptors (Lipinski definition) is 3. The van der Waals surface area contributed by atoms with E-state index in [2.05, 4.69) is 0 Å². The van der Waals surface area contributed by atoms with Crippen LogP contribution in [0.15, 0.2) is 12.3 Å². The largest absolute Gasteiger partial charge is 0.448 e. The first-order chi connectivity index (χ1) is 4.68. The average molecular weight is 146 g/mol. The van der Waals surface area contributed by atoms with Gasteiger partial charge in [-0.1, -0.05) is 6.08 Å². The molecule has 0 N–H and O–H groups in total. The molecule has 0 unspecified atom stereocenters. The lowest BCUT2D eigenvalue weighted by atomic mass is 10.6. The Morgan fingerprint density at radius 3 is 2.00 bits per heavy atom. The summed E-state index contributed by atoms with van der Waals surface area (Å²) < 4.78 is 14.8. The van der Waals surface area contributed by atoms with Crippen molar-refractivity contribution in [3.63, 3.8) is 0 Å². The number of methoxy groups -OCH3 is 2. The highest BCUT2D eigenvalue weighted by atomic mass is 16.9. The van der Waals surface area contributed by atoms with Gasteiger partial charge < -0.3 is 14.2 Å². The molecule has 3 nitrogen and oxygen atoms in total. The Hall–Kier alpha value is -0.540. The van der Waals surface area contributed by atoms with Gasteiger partial charge in [-0.25, -0.2) is 0 Å². The zero-order valence-corrected chi connectivity index (χ0v) is 6.88. The van der Waals surface area contributed by atoms with E-state index in [1.165, 1.54) is 20.5 Å². The number of ether oxygens (including phenoxy) is 3. The Bertz CT molecular complexity index is 105. The van der Waals surface area contributed by atoms with E-state index in [-0.39, 0.29) is 0 Å². The Morgan fingerprint density at radius 2 is 1.70 bits per heavy atom. The summed E-state index contributed by atoms with van der Waals surface area (Å²) in [4.78, 5) is 0. The minimum atomic E-state index is -0.952. The Balaban J connectivity index is 3.80. The highest BCUT2D eigenvalue weighted by molar-refractivity contribution is 4.67. The molecule has 0 spiro atoms. The van der Waals surface area contributed by atoms with Crippen LogP contribution in [0.25, 0.3) is 0 Å². The number of hydrogen-bond donors (Lipinski definition) is 0. The van der Waals surface area contributed by atoms with Crippen molar-refractivity contribution in [3.05, 3.63) is 12.3 Å². The van der Waals surface area contributed by atoms with Crippen molar-refractivity contribution >= 4 is 0 Å². The Morgan fingerprint density at radius 1 is 1.20 bits per heavy atom. The summed E-state index contributed by atoms with van der Waals surface area (Å²) in [5, 5.41) is 0. The molecule has 0 aromatic heterocycles. The zero-order chi connectivity index (χ0) is 8.04. The van der Waals surface area contributed by atoms with Gasteiger partial charge in [-0.05, 0) is 6.92 Å². The molecule has 0 aromatic carbocycles. The first-order valence-electron chi connectivity index (χ1n) is 3.08. The maximum Gasteiger partial charge on any atom is 0.322 e. The van der Waals surface area contributed by atoms with Gasteiger partial charge in [-0.3, -0.25) is 0 Å². The van der Waals surface area contributed by atoms with Crippen LogP contribution in [0.5, 0.6) is 0 Å². The summed E-state index contributed by atoms with van der Waals surface area (Å²) in [7, 11) is 3.04. The van der Waals surface area contributed by atoms with Crippen LogP contribution in [-0.4, -0.2) is 20.2 Å². The van der Waals surface area contributed by atoms with Crippen molar-refractivity contribution in [2.24, 2.45) is 0 Å². The van der Waals surface area contributed by atoms with Crippen molar-refractivity contribution < 1.29 is 14.2 Å². The molecular formula is C7H14O3. The Kier molecular flexibility index (Phi) is 4.07. The minimum absolute atomic E-state index is 0.952. The molecule has 0 heterocycles. The predicted molar refractivity (Wildman–Crippen MR) is 38.3 cm³/mol. The molecule has 0 amide bonds. The van der Waals surface area contributed by atoms with Crippen molar-refractivity contribution in [1.29, 1.82) is 0 Å². The lowest BCUT2D eigenvalue weighted by Crippen LogP contribution is -2.31. The number of rotatable bonds is 4. The van der Waals surface area contributed by atoms with Gasteiger partial charge in [0, 0.05) is 21.1 Å². The lowest BCUT2D eigenvalue weighted by Gasteiger charge is -2.24. The molecule has 0 rings (SSSR count). The zero-order valence-electron chi connectivity index (χ0n) is 6.88. The average Bonchev–Trinajstić information content (AvgIpc) is 2.00. The van der Waals surface area contributed by atoms with Gasteiger partial charge in [0.2, 0.25) is 0 Å². The van der Waals surface area contributed by atoms with Crippen LogP contribution in [0.4, 0.5) is 0 Å². The van der Waals surface area contributed by atoms with E-state index < -0.39 is 5.97 Å². The smallest absolute Gasteiger partial charge is 0.322 e. The molecule has 0 fully saturated rings. The molecule has 0 atom stereocenters. The Labute approximate surface area is 61.6 Å². The van der Waals surface area contributed by atoms with Gasteiger partial charge >= 0.3 is 5.97 Å². The molecule has 0 bridgehead atoms. The standard InChI is InChI=1S/C7H14O3/c1-5-6-10-7(2,8-3)9-4/h5-6H,1-4H3. The summed E-state index contributed by atoms with van der Waals surface area (Å²) in [5.74, 6) is -0.952. The summed E-state index contributed by atoms with van der Waals surface area (Å²) in [6, 6.07) is 0. The maximum absolute atomic E-state index is 5.05. The van der Waals surface area contributed by atoms with E-state index in [1.807, 2.05) is 6.92 Å². The lowest BCUT2D eigenvalue weighted by molar-refractivity contribution is -0.328. The molecule has 0 saturated heterocycles. The van der Waals surface area contributed by atoms with Crippen LogP contribution in [0.1, 0.15) is 13.8 Å². The molecular weight excluding hydrogens is 132 g/mol. The molecule has 10 heavy (non-hydrogen) atoms.